The van der Waals surface area contributed by atoms with E-state index in [0.29, 0.717) is 6.42 Å². The van der Waals surface area contributed by atoms with Gasteiger partial charge in [0.2, 0.25) is 5.91 Å². The van der Waals surface area contributed by atoms with Crippen molar-refractivity contribution in [3.63, 3.8) is 0 Å². The lowest BCUT2D eigenvalue weighted by molar-refractivity contribution is -0.155. The zero-order valence-electron chi connectivity index (χ0n) is 23.2. The second kappa shape index (κ2) is 12.8. The minimum atomic E-state index is -1.32. The maximum absolute atomic E-state index is 13.1. The Labute approximate surface area is 229 Å². The molecule has 3 rings (SSSR count). The normalized spacial score (nSPS) is 14.8. The maximum atomic E-state index is 13.1. The fourth-order valence-corrected chi connectivity index (χ4v) is 4.64. The third-order valence-electron chi connectivity index (χ3n) is 6.78. The van der Waals surface area contributed by atoms with Gasteiger partial charge in [-0.05, 0) is 55.4 Å². The highest BCUT2D eigenvalue weighted by molar-refractivity contribution is 5.89. The van der Waals surface area contributed by atoms with Crippen LogP contribution in [0.1, 0.15) is 70.9 Å². The zero-order chi connectivity index (χ0) is 28.7. The number of nitrogens with one attached hydrogen (secondary N) is 2. The highest BCUT2D eigenvalue weighted by Crippen LogP contribution is 2.44. The van der Waals surface area contributed by atoms with Gasteiger partial charge in [-0.2, -0.15) is 0 Å². The number of aliphatic carboxylic acids is 1. The van der Waals surface area contributed by atoms with Gasteiger partial charge in [-0.15, -0.1) is 0 Å². The Morgan fingerprint density at radius 1 is 0.949 bits per heavy atom. The molecule has 0 heterocycles. The Balaban J connectivity index is 1.63. The molecule has 0 radical (unpaired) electrons. The van der Waals surface area contributed by atoms with Gasteiger partial charge >= 0.3 is 18.0 Å². The molecule has 210 valence electrons. The Kier molecular flexibility index (Phi) is 9.72. The molecule has 3 N–H and O–H groups in total. The first kappa shape index (κ1) is 29.7. The molecule has 9 nitrogen and oxygen atoms in total. The van der Waals surface area contributed by atoms with Gasteiger partial charge in [-0.25, -0.2) is 9.59 Å². The van der Waals surface area contributed by atoms with Gasteiger partial charge in [-0.3, -0.25) is 9.59 Å². The molecule has 0 unspecified atom stereocenters. The van der Waals surface area contributed by atoms with Crippen molar-refractivity contribution in [2.45, 2.75) is 77.5 Å². The number of carbonyl (C=O) groups excluding carboxylic acids is 3. The van der Waals surface area contributed by atoms with Gasteiger partial charge in [0, 0.05) is 12.3 Å². The Hall–Kier alpha value is -3.88. The molecule has 0 saturated carbocycles. The van der Waals surface area contributed by atoms with Gasteiger partial charge in [0.25, 0.3) is 0 Å². The number of carboxylic acids is 1. The molecule has 0 aromatic heterocycles. The SMILES string of the molecule is CC[C@H](C)[C@H](NC(=O)OCC1c2ccccc2-c2ccccc21)C(=O)N[C@@H](CCC(=O)OC(C)(C)C)C(=O)O. The van der Waals surface area contributed by atoms with Crippen LogP contribution in [0.4, 0.5) is 4.79 Å². The molecule has 1 aliphatic carbocycles. The summed E-state index contributed by atoms with van der Waals surface area (Å²) in [6.07, 6.45) is -0.536. The van der Waals surface area contributed by atoms with Crippen LogP contribution in [0.15, 0.2) is 48.5 Å². The van der Waals surface area contributed by atoms with E-state index in [1.807, 2.05) is 55.5 Å². The molecule has 2 aromatic rings. The number of hydrogen-bond acceptors (Lipinski definition) is 6. The van der Waals surface area contributed by atoms with Gasteiger partial charge in [0.05, 0.1) is 0 Å². The predicted octanol–water partition coefficient (Wildman–Crippen LogP) is 4.63. The van der Waals surface area contributed by atoms with Crippen LogP contribution in [0.25, 0.3) is 11.1 Å². The quantitative estimate of drug-likeness (QED) is 0.356. The Morgan fingerprint density at radius 3 is 2.03 bits per heavy atom. The predicted molar refractivity (Wildman–Crippen MR) is 146 cm³/mol. The molecule has 0 fully saturated rings. The average Bonchev–Trinajstić information content (AvgIpc) is 3.20. The van der Waals surface area contributed by atoms with E-state index in [-0.39, 0.29) is 31.3 Å². The molecule has 0 bridgehead atoms. The molecule has 39 heavy (non-hydrogen) atoms. The monoisotopic (exact) mass is 538 g/mol. The lowest BCUT2D eigenvalue weighted by Gasteiger charge is -2.26. The van der Waals surface area contributed by atoms with Crippen LogP contribution in [0.5, 0.6) is 0 Å². The molecule has 9 heteroatoms. The van der Waals surface area contributed by atoms with Crippen molar-refractivity contribution in [1.29, 1.82) is 0 Å². The topological polar surface area (TPSA) is 131 Å². The van der Waals surface area contributed by atoms with Crippen molar-refractivity contribution in [2.75, 3.05) is 6.61 Å². The summed E-state index contributed by atoms with van der Waals surface area (Å²) in [6, 6.07) is 13.6. The second-order valence-corrected chi connectivity index (χ2v) is 10.9. The number of ether oxygens (including phenoxy) is 2. The van der Waals surface area contributed by atoms with Crippen LogP contribution in [0, 0.1) is 5.92 Å². The van der Waals surface area contributed by atoms with Crippen molar-refractivity contribution in [2.24, 2.45) is 5.92 Å². The Morgan fingerprint density at radius 2 is 1.51 bits per heavy atom. The standard InChI is InChI=1S/C30H38N2O7/c1-6-18(2)26(27(34)31-24(28(35)36)15-16-25(33)39-30(3,4)5)32-29(37)38-17-23-21-13-9-7-11-19(21)20-12-8-10-14-22(20)23/h7-14,18,23-24,26H,6,15-17H2,1-5H3,(H,31,34)(H,32,37)(H,35,36)/t18-,24-,26-/m0/s1. The molecule has 2 aromatic carbocycles. The summed E-state index contributed by atoms with van der Waals surface area (Å²) in [5.41, 5.74) is 3.64. The lowest BCUT2D eigenvalue weighted by Crippen LogP contribution is -2.54. The van der Waals surface area contributed by atoms with Crippen molar-refractivity contribution in [3.8, 4) is 11.1 Å². The molecule has 0 aliphatic heterocycles. The Bertz CT molecular complexity index is 1160. The summed E-state index contributed by atoms with van der Waals surface area (Å²) in [7, 11) is 0. The third-order valence-corrected chi connectivity index (χ3v) is 6.78. The van der Waals surface area contributed by atoms with Gasteiger partial charge in [0.1, 0.15) is 24.3 Å². The van der Waals surface area contributed by atoms with E-state index in [9.17, 15) is 24.3 Å². The fourth-order valence-electron chi connectivity index (χ4n) is 4.64. The van der Waals surface area contributed by atoms with E-state index in [2.05, 4.69) is 10.6 Å². The van der Waals surface area contributed by atoms with Crippen LogP contribution in [-0.4, -0.2) is 53.3 Å². The van der Waals surface area contributed by atoms with E-state index in [1.165, 1.54) is 0 Å². The summed E-state index contributed by atoms with van der Waals surface area (Å²) in [5.74, 6) is -2.93. The fraction of sp³-hybridized carbons (Fsp3) is 0.467. The van der Waals surface area contributed by atoms with E-state index in [0.717, 1.165) is 22.3 Å². The maximum Gasteiger partial charge on any atom is 0.407 e. The number of carbonyl (C=O) groups is 4. The van der Waals surface area contributed by atoms with Gasteiger partial charge in [0.15, 0.2) is 0 Å². The smallest absolute Gasteiger partial charge is 0.407 e. The van der Waals surface area contributed by atoms with Crippen molar-refractivity contribution in [3.05, 3.63) is 59.7 Å². The first-order valence-electron chi connectivity index (χ1n) is 13.3. The van der Waals surface area contributed by atoms with Gasteiger partial charge < -0.3 is 25.2 Å². The number of benzene rings is 2. The number of amides is 2. The largest absolute Gasteiger partial charge is 0.480 e. The zero-order valence-corrected chi connectivity index (χ0v) is 23.2. The molecular weight excluding hydrogens is 500 g/mol. The minimum Gasteiger partial charge on any atom is -0.480 e. The van der Waals surface area contributed by atoms with Crippen LogP contribution in [0.3, 0.4) is 0 Å². The summed E-state index contributed by atoms with van der Waals surface area (Å²) >= 11 is 0. The number of hydrogen-bond donors (Lipinski definition) is 3. The summed E-state index contributed by atoms with van der Waals surface area (Å²) in [6.45, 7) is 8.88. The van der Waals surface area contributed by atoms with Gasteiger partial charge in [-0.1, -0.05) is 68.8 Å². The van der Waals surface area contributed by atoms with Crippen molar-refractivity contribution in [1.82, 2.24) is 10.6 Å². The molecule has 0 saturated heterocycles. The van der Waals surface area contributed by atoms with E-state index < -0.39 is 41.6 Å². The number of carboxylic acid groups (broad SMARTS) is 1. The number of esters is 1. The van der Waals surface area contributed by atoms with Crippen molar-refractivity contribution >= 4 is 23.9 Å². The first-order chi connectivity index (χ1) is 18.4. The van der Waals surface area contributed by atoms with Crippen LogP contribution in [0.2, 0.25) is 0 Å². The second-order valence-electron chi connectivity index (χ2n) is 10.9. The molecule has 0 spiro atoms. The number of alkyl carbamates (subject to hydrolysis) is 1. The summed E-state index contributed by atoms with van der Waals surface area (Å²) in [4.78, 5) is 49.8. The molecular formula is C30H38N2O7. The number of rotatable bonds is 11. The first-order valence-corrected chi connectivity index (χ1v) is 13.3. The summed E-state index contributed by atoms with van der Waals surface area (Å²) in [5, 5.41) is 14.7. The average molecular weight is 539 g/mol. The highest BCUT2D eigenvalue weighted by Gasteiger charge is 2.32. The number of fused-ring (bicyclic) bond motifs is 3. The lowest BCUT2D eigenvalue weighted by atomic mass is 9.97. The van der Waals surface area contributed by atoms with Crippen LogP contribution >= 0.6 is 0 Å². The van der Waals surface area contributed by atoms with E-state index in [1.54, 1.807) is 27.7 Å². The van der Waals surface area contributed by atoms with Crippen molar-refractivity contribution < 1.29 is 33.8 Å². The summed E-state index contributed by atoms with van der Waals surface area (Å²) < 4.78 is 10.8. The highest BCUT2D eigenvalue weighted by atomic mass is 16.6. The van der Waals surface area contributed by atoms with Crippen LogP contribution < -0.4 is 10.6 Å². The van der Waals surface area contributed by atoms with E-state index >= 15 is 0 Å². The molecule has 1 aliphatic rings. The third kappa shape index (κ3) is 7.81. The van der Waals surface area contributed by atoms with E-state index in [4.69, 9.17) is 9.47 Å². The minimum absolute atomic E-state index is 0.0857. The molecule has 3 atom stereocenters. The molecule has 2 amide bonds. The van der Waals surface area contributed by atoms with Crippen LogP contribution in [-0.2, 0) is 23.9 Å².